The van der Waals surface area contributed by atoms with Gasteiger partial charge in [0.25, 0.3) is 0 Å². The largest absolute Gasteiger partial charge is 0.288 e. The molecule has 0 unspecified atom stereocenters. The minimum atomic E-state index is 0.0737. The maximum absolute atomic E-state index is 10.6. The Labute approximate surface area is 107 Å². The number of hydrogen-bond acceptors (Lipinski definition) is 2. The van der Waals surface area contributed by atoms with Crippen LogP contribution in [0.15, 0.2) is 22.7 Å². The van der Waals surface area contributed by atoms with Gasteiger partial charge in [-0.15, -0.1) is 0 Å². The first-order chi connectivity index (χ1) is 7.09. The van der Waals surface area contributed by atoms with Crippen molar-refractivity contribution in [3.05, 3.63) is 33.3 Å². The van der Waals surface area contributed by atoms with E-state index in [0.717, 1.165) is 10.0 Å². The molecule has 0 aromatic heterocycles. The van der Waals surface area contributed by atoms with Crippen LogP contribution in [-0.4, -0.2) is 10.9 Å². The predicted octanol–water partition coefficient (Wildman–Crippen LogP) is 3.73. The molecule has 0 fully saturated rings. The monoisotopic (exact) mass is 302 g/mol. The van der Waals surface area contributed by atoms with Crippen LogP contribution < -0.4 is 0 Å². The molecule has 1 nitrogen and oxygen atoms in total. The fraction of sp³-hybridized carbons (Fsp3) is 0.182. The highest BCUT2D eigenvalue weighted by molar-refractivity contribution is 9.10. The van der Waals surface area contributed by atoms with Crippen molar-refractivity contribution in [2.75, 3.05) is 5.75 Å². The molecule has 1 aromatic carbocycles. The quantitative estimate of drug-likeness (QED) is 0.735. The fourth-order valence-corrected chi connectivity index (χ4v) is 1.74. The Hall–Kier alpha value is -0.430. The highest BCUT2D eigenvalue weighted by Gasteiger charge is 1.97. The average Bonchev–Trinajstić information content (AvgIpc) is 2.17. The van der Waals surface area contributed by atoms with Crippen molar-refractivity contribution in [2.45, 2.75) is 6.92 Å². The second kappa shape index (κ2) is 6.22. The van der Waals surface area contributed by atoms with Gasteiger partial charge in [0.15, 0.2) is 5.12 Å². The molecular formula is C11H8BrClOS. The normalized spacial score (nSPS) is 9.27. The van der Waals surface area contributed by atoms with Gasteiger partial charge in [-0.2, -0.15) is 0 Å². The zero-order valence-corrected chi connectivity index (χ0v) is 11.2. The number of carbonyl (C=O) groups excluding carboxylic acids is 1. The molecule has 1 rings (SSSR count). The molecule has 0 bridgehead atoms. The van der Waals surface area contributed by atoms with Crippen LogP contribution in [0.3, 0.4) is 0 Å². The smallest absolute Gasteiger partial charge is 0.186 e. The third-order valence-electron chi connectivity index (χ3n) is 1.50. The Balaban J connectivity index is 2.71. The standard InChI is InChI=1S/C11H8BrClOS/c1-8(14)15-6-2-3-9-7-10(12)4-5-11(9)13/h4-5,7H,6H2,1H3. The van der Waals surface area contributed by atoms with E-state index in [1.807, 2.05) is 12.1 Å². The maximum atomic E-state index is 10.6. The molecule has 0 amide bonds. The van der Waals surface area contributed by atoms with Crippen molar-refractivity contribution in [2.24, 2.45) is 0 Å². The third-order valence-corrected chi connectivity index (χ3v) is 3.02. The van der Waals surface area contributed by atoms with Gasteiger partial charge in [0.2, 0.25) is 0 Å². The van der Waals surface area contributed by atoms with Crippen LogP contribution in [0.4, 0.5) is 0 Å². The van der Waals surface area contributed by atoms with E-state index in [2.05, 4.69) is 27.8 Å². The summed E-state index contributed by atoms with van der Waals surface area (Å²) in [6.45, 7) is 1.53. The molecule has 0 aliphatic rings. The second-order valence-electron chi connectivity index (χ2n) is 2.71. The first-order valence-electron chi connectivity index (χ1n) is 4.17. The summed E-state index contributed by atoms with van der Waals surface area (Å²) < 4.78 is 0.940. The molecule has 0 spiro atoms. The van der Waals surface area contributed by atoms with Crippen molar-refractivity contribution >= 4 is 44.4 Å². The number of carbonyl (C=O) groups is 1. The van der Waals surface area contributed by atoms with E-state index in [-0.39, 0.29) is 5.12 Å². The minimum absolute atomic E-state index is 0.0737. The van der Waals surface area contributed by atoms with Crippen LogP contribution in [0.25, 0.3) is 0 Å². The molecule has 0 atom stereocenters. The lowest BCUT2D eigenvalue weighted by molar-refractivity contribution is -0.109. The van der Waals surface area contributed by atoms with Crippen LogP contribution in [0.5, 0.6) is 0 Å². The Kier molecular flexibility index (Phi) is 5.24. The van der Waals surface area contributed by atoms with Gasteiger partial charge in [0, 0.05) is 17.0 Å². The predicted molar refractivity (Wildman–Crippen MR) is 69.2 cm³/mol. The average molecular weight is 304 g/mol. The summed E-state index contributed by atoms with van der Waals surface area (Å²) in [6.07, 6.45) is 0. The Morgan fingerprint density at radius 2 is 2.33 bits per heavy atom. The topological polar surface area (TPSA) is 17.1 Å². The molecule has 0 heterocycles. The van der Waals surface area contributed by atoms with Gasteiger partial charge in [-0.3, -0.25) is 4.79 Å². The van der Waals surface area contributed by atoms with E-state index >= 15 is 0 Å². The van der Waals surface area contributed by atoms with Crippen LogP contribution >= 0.6 is 39.3 Å². The molecule has 0 aliphatic heterocycles. The summed E-state index contributed by atoms with van der Waals surface area (Å²) in [7, 11) is 0. The number of thioether (sulfide) groups is 1. The van der Waals surface area contributed by atoms with Gasteiger partial charge in [0.1, 0.15) is 0 Å². The Morgan fingerprint density at radius 3 is 3.00 bits per heavy atom. The number of hydrogen-bond donors (Lipinski definition) is 0. The van der Waals surface area contributed by atoms with Gasteiger partial charge >= 0.3 is 0 Å². The highest BCUT2D eigenvalue weighted by Crippen LogP contribution is 2.19. The van der Waals surface area contributed by atoms with Gasteiger partial charge in [-0.05, 0) is 18.2 Å². The molecule has 78 valence electrons. The fourth-order valence-electron chi connectivity index (χ4n) is 0.862. The number of halogens is 2. The van der Waals surface area contributed by atoms with Crippen LogP contribution in [0, 0.1) is 11.8 Å². The summed E-state index contributed by atoms with van der Waals surface area (Å²) in [5, 5.41) is 0.697. The van der Waals surface area contributed by atoms with Crippen molar-refractivity contribution < 1.29 is 4.79 Å². The molecular weight excluding hydrogens is 296 g/mol. The second-order valence-corrected chi connectivity index (χ2v) is 5.18. The van der Waals surface area contributed by atoms with Gasteiger partial charge in [0.05, 0.1) is 10.8 Å². The highest BCUT2D eigenvalue weighted by atomic mass is 79.9. The van der Waals surface area contributed by atoms with E-state index < -0.39 is 0 Å². The first-order valence-corrected chi connectivity index (χ1v) is 6.32. The molecule has 4 heteroatoms. The number of rotatable bonds is 1. The van der Waals surface area contributed by atoms with Crippen LogP contribution in [-0.2, 0) is 4.79 Å². The summed E-state index contributed by atoms with van der Waals surface area (Å²) >= 11 is 10.5. The lowest BCUT2D eigenvalue weighted by Crippen LogP contribution is -1.83. The molecule has 1 aromatic rings. The zero-order valence-electron chi connectivity index (χ0n) is 8.01. The first kappa shape index (κ1) is 12.6. The van der Waals surface area contributed by atoms with Crippen molar-refractivity contribution in [3.8, 4) is 11.8 Å². The third kappa shape index (κ3) is 4.74. The molecule has 0 saturated carbocycles. The van der Waals surface area contributed by atoms with Crippen LogP contribution in [0.2, 0.25) is 5.02 Å². The van der Waals surface area contributed by atoms with E-state index in [1.54, 1.807) is 6.07 Å². The lowest BCUT2D eigenvalue weighted by atomic mass is 10.2. The van der Waals surface area contributed by atoms with Gasteiger partial charge < -0.3 is 0 Å². The zero-order chi connectivity index (χ0) is 11.3. The molecule has 0 saturated heterocycles. The number of benzene rings is 1. The van der Waals surface area contributed by atoms with E-state index in [1.165, 1.54) is 18.7 Å². The van der Waals surface area contributed by atoms with Crippen molar-refractivity contribution in [1.29, 1.82) is 0 Å². The summed E-state index contributed by atoms with van der Waals surface area (Å²) in [6, 6.07) is 5.50. The lowest BCUT2D eigenvalue weighted by Gasteiger charge is -1.95. The van der Waals surface area contributed by atoms with Crippen LogP contribution in [0.1, 0.15) is 12.5 Å². The van der Waals surface area contributed by atoms with Crippen molar-refractivity contribution in [1.82, 2.24) is 0 Å². The van der Waals surface area contributed by atoms with E-state index in [9.17, 15) is 4.79 Å². The van der Waals surface area contributed by atoms with Crippen molar-refractivity contribution in [3.63, 3.8) is 0 Å². The molecule has 0 radical (unpaired) electrons. The Bertz CT molecular complexity index is 434. The minimum Gasteiger partial charge on any atom is -0.288 e. The summed E-state index contributed by atoms with van der Waals surface area (Å²) in [4.78, 5) is 10.6. The molecule has 15 heavy (non-hydrogen) atoms. The van der Waals surface area contributed by atoms with Gasteiger partial charge in [-0.1, -0.05) is 51.1 Å². The SMILES string of the molecule is CC(=O)SCC#Cc1cc(Br)ccc1Cl. The maximum Gasteiger partial charge on any atom is 0.186 e. The van der Waals surface area contributed by atoms with E-state index in [0.29, 0.717) is 10.8 Å². The van der Waals surface area contributed by atoms with Gasteiger partial charge in [-0.25, -0.2) is 0 Å². The summed E-state index contributed by atoms with van der Waals surface area (Å²) in [5.41, 5.74) is 0.773. The molecule has 0 N–H and O–H groups in total. The summed E-state index contributed by atoms with van der Waals surface area (Å²) in [5.74, 6) is 6.31. The van der Waals surface area contributed by atoms with E-state index in [4.69, 9.17) is 11.6 Å². The molecule has 0 aliphatic carbocycles. The Morgan fingerprint density at radius 1 is 1.60 bits per heavy atom.